The Morgan fingerprint density at radius 1 is 0.297 bits per heavy atom. The van der Waals surface area contributed by atoms with Crippen LogP contribution in [0.2, 0.25) is 0 Å². The second-order valence-corrected chi connectivity index (χ2v) is 19.9. The Bertz CT molecular complexity index is 4230. The normalized spacial score (nSPS) is 13.6. The van der Waals surface area contributed by atoms with Gasteiger partial charge in [-0.2, -0.15) is 0 Å². The van der Waals surface area contributed by atoms with Crippen LogP contribution in [0.1, 0.15) is 44.5 Å². The first-order valence-corrected chi connectivity index (χ1v) is 25.6. The number of nitrogens with zero attached hydrogens (tertiary/aromatic N) is 1. The summed E-state index contributed by atoms with van der Waals surface area (Å²) in [6.07, 6.45) is 1.78. The first kappa shape index (κ1) is 42.2. The van der Waals surface area contributed by atoms with Crippen LogP contribution in [-0.4, -0.2) is 0 Å². The van der Waals surface area contributed by atoms with Gasteiger partial charge in [0.2, 0.25) is 0 Å². The predicted octanol–water partition coefficient (Wildman–Crippen LogP) is 18.6. The van der Waals surface area contributed by atoms with Crippen LogP contribution in [0.3, 0.4) is 0 Å². The lowest BCUT2D eigenvalue weighted by molar-refractivity contribution is 0.616. The monoisotopic (exact) mass is 941 g/mol. The molecule has 2 nitrogen and oxygen atoms in total. The Hall–Kier alpha value is -9.50. The zero-order valence-electron chi connectivity index (χ0n) is 40.5. The summed E-state index contributed by atoms with van der Waals surface area (Å²) in [5.74, 6) is 0. The average molecular weight is 942 g/mol. The van der Waals surface area contributed by atoms with E-state index in [0.29, 0.717) is 0 Å². The fourth-order valence-electron chi connectivity index (χ4n) is 13.2. The van der Waals surface area contributed by atoms with Crippen molar-refractivity contribution in [2.24, 2.45) is 0 Å². The third-order valence-corrected chi connectivity index (χ3v) is 16.3. The molecule has 0 fully saturated rings. The summed E-state index contributed by atoms with van der Waals surface area (Å²) in [7, 11) is 0. The standard InChI is InChI=1S/C72H47NO/c1-5-20-51(21-6-1)71(52-22-7-2-8-23-52)65-32-18-16-30-60(65)63-46-55(37-41-66(63)71)73(68-42-40-57(50-34-33-49-43-44-74-69(49)45-50)62-38-35-48-19-13-14-28-58(48)70(62)68)56-36-39-61-59-29-15-17-31-64(59)72(67(61)47-56,53-24-9-3-10-25-53)54-26-11-4-12-27-54/h1-47H. The van der Waals surface area contributed by atoms with E-state index in [2.05, 4.69) is 278 Å². The van der Waals surface area contributed by atoms with Crippen LogP contribution in [0.25, 0.3) is 65.9 Å². The summed E-state index contributed by atoms with van der Waals surface area (Å²) in [4.78, 5) is 2.55. The third kappa shape index (κ3) is 6.00. The molecule has 1 heterocycles. The SMILES string of the molecule is c1ccc(C2(c3ccccc3)c3ccccc3-c3cc(N(c4ccc5c(c4)C(c4ccccc4)(c4ccccc4)c4ccccc4-5)c4ccc(-c5ccc6ccoc6c5)c5ccc6ccccc6c45)ccc32)cc1. The topological polar surface area (TPSA) is 16.4 Å². The highest BCUT2D eigenvalue weighted by Gasteiger charge is 2.48. The highest BCUT2D eigenvalue weighted by molar-refractivity contribution is 6.19. The summed E-state index contributed by atoms with van der Waals surface area (Å²) < 4.78 is 6.00. The first-order valence-electron chi connectivity index (χ1n) is 25.6. The highest BCUT2D eigenvalue weighted by Crippen LogP contribution is 2.60. The predicted molar refractivity (Wildman–Crippen MR) is 306 cm³/mol. The van der Waals surface area contributed by atoms with E-state index < -0.39 is 10.8 Å². The molecule has 346 valence electrons. The van der Waals surface area contributed by atoms with Gasteiger partial charge in [0.25, 0.3) is 0 Å². The molecule has 0 N–H and O–H groups in total. The Kier molecular flexibility index (Phi) is 9.43. The zero-order chi connectivity index (χ0) is 48.8. The Balaban J connectivity index is 1.05. The molecule has 0 bridgehead atoms. The van der Waals surface area contributed by atoms with Gasteiger partial charge in [-0.3, -0.25) is 0 Å². The number of furan rings is 1. The molecule has 0 atom stereocenters. The lowest BCUT2D eigenvalue weighted by Gasteiger charge is -2.35. The van der Waals surface area contributed by atoms with Crippen molar-refractivity contribution in [1.82, 2.24) is 0 Å². The number of hydrogen-bond acceptors (Lipinski definition) is 2. The fraction of sp³-hybridized carbons (Fsp3) is 0.0278. The maximum atomic E-state index is 6.00. The van der Waals surface area contributed by atoms with E-state index >= 15 is 0 Å². The molecule has 0 radical (unpaired) electrons. The van der Waals surface area contributed by atoms with E-state index in [9.17, 15) is 0 Å². The largest absolute Gasteiger partial charge is 0.464 e. The second-order valence-electron chi connectivity index (χ2n) is 19.9. The summed E-state index contributed by atoms with van der Waals surface area (Å²) in [5.41, 5.74) is 20.4. The van der Waals surface area contributed by atoms with Crippen molar-refractivity contribution < 1.29 is 4.42 Å². The van der Waals surface area contributed by atoms with E-state index in [1.165, 1.54) is 88.3 Å². The van der Waals surface area contributed by atoms with Crippen molar-refractivity contribution in [1.29, 1.82) is 0 Å². The van der Waals surface area contributed by atoms with E-state index in [4.69, 9.17) is 4.42 Å². The zero-order valence-corrected chi connectivity index (χ0v) is 40.5. The van der Waals surface area contributed by atoms with Gasteiger partial charge in [-0.05, 0) is 137 Å². The Morgan fingerprint density at radius 3 is 1.46 bits per heavy atom. The molecule has 2 aliphatic rings. The van der Waals surface area contributed by atoms with Crippen molar-refractivity contribution in [3.8, 4) is 33.4 Å². The van der Waals surface area contributed by atoms with Gasteiger partial charge in [-0.1, -0.05) is 237 Å². The van der Waals surface area contributed by atoms with Crippen molar-refractivity contribution >= 4 is 49.6 Å². The molecular formula is C72H47NO. The molecule has 15 rings (SSSR count). The van der Waals surface area contributed by atoms with E-state index in [1.54, 1.807) is 6.26 Å². The van der Waals surface area contributed by atoms with E-state index in [-0.39, 0.29) is 0 Å². The third-order valence-electron chi connectivity index (χ3n) is 16.3. The van der Waals surface area contributed by atoms with Crippen molar-refractivity contribution in [2.75, 3.05) is 4.90 Å². The number of benzene rings is 12. The molecule has 0 aliphatic heterocycles. The Labute approximate surface area is 430 Å². The van der Waals surface area contributed by atoms with Gasteiger partial charge in [0.05, 0.1) is 22.8 Å². The number of anilines is 3. The minimum atomic E-state index is -0.582. The summed E-state index contributed by atoms with van der Waals surface area (Å²) in [6, 6.07) is 104. The molecule has 12 aromatic carbocycles. The molecule has 0 saturated heterocycles. The van der Waals surface area contributed by atoms with Crippen LogP contribution in [-0.2, 0) is 10.8 Å². The molecule has 2 heteroatoms. The van der Waals surface area contributed by atoms with Crippen LogP contribution in [0.15, 0.2) is 290 Å². The van der Waals surface area contributed by atoms with Gasteiger partial charge in [-0.15, -0.1) is 0 Å². The molecule has 1 aromatic heterocycles. The molecule has 0 unspecified atom stereocenters. The molecular weight excluding hydrogens is 895 g/mol. The first-order chi connectivity index (χ1) is 36.7. The van der Waals surface area contributed by atoms with Crippen LogP contribution >= 0.6 is 0 Å². The smallest absolute Gasteiger partial charge is 0.134 e. The number of rotatable bonds is 8. The Morgan fingerprint density at radius 2 is 0.797 bits per heavy atom. The molecule has 0 saturated carbocycles. The molecule has 74 heavy (non-hydrogen) atoms. The van der Waals surface area contributed by atoms with Gasteiger partial charge >= 0.3 is 0 Å². The summed E-state index contributed by atoms with van der Waals surface area (Å²) >= 11 is 0. The van der Waals surface area contributed by atoms with Crippen molar-refractivity contribution in [2.45, 2.75) is 10.8 Å². The maximum Gasteiger partial charge on any atom is 0.134 e. The molecule has 13 aromatic rings. The number of fused-ring (bicyclic) bond motifs is 10. The lowest BCUT2D eigenvalue weighted by atomic mass is 9.67. The van der Waals surface area contributed by atoms with Crippen LogP contribution < -0.4 is 4.90 Å². The van der Waals surface area contributed by atoms with Gasteiger partial charge in [0.1, 0.15) is 5.58 Å². The van der Waals surface area contributed by atoms with Gasteiger partial charge in [0, 0.05) is 22.1 Å². The van der Waals surface area contributed by atoms with Gasteiger partial charge < -0.3 is 9.32 Å². The van der Waals surface area contributed by atoms with Crippen LogP contribution in [0, 0.1) is 0 Å². The maximum absolute atomic E-state index is 6.00. The van der Waals surface area contributed by atoms with Crippen molar-refractivity contribution in [3.63, 3.8) is 0 Å². The highest BCUT2D eigenvalue weighted by atomic mass is 16.3. The summed E-state index contributed by atoms with van der Waals surface area (Å²) in [5, 5.41) is 5.84. The average Bonchev–Trinajstić information content (AvgIpc) is 4.17. The van der Waals surface area contributed by atoms with E-state index in [1.807, 2.05) is 6.07 Å². The second kappa shape index (κ2) is 16.5. The minimum absolute atomic E-state index is 0.526. The minimum Gasteiger partial charge on any atom is -0.464 e. The fourth-order valence-corrected chi connectivity index (χ4v) is 13.2. The van der Waals surface area contributed by atoms with Crippen LogP contribution in [0.5, 0.6) is 0 Å². The van der Waals surface area contributed by atoms with Crippen molar-refractivity contribution in [3.05, 3.63) is 330 Å². The van der Waals surface area contributed by atoms with Crippen LogP contribution in [0.4, 0.5) is 17.1 Å². The summed E-state index contributed by atoms with van der Waals surface area (Å²) in [6.45, 7) is 0. The molecule has 0 amide bonds. The lowest BCUT2D eigenvalue weighted by Crippen LogP contribution is -2.29. The molecule has 0 spiro atoms. The van der Waals surface area contributed by atoms with Gasteiger partial charge in [0.15, 0.2) is 0 Å². The molecule has 2 aliphatic carbocycles. The van der Waals surface area contributed by atoms with Gasteiger partial charge in [-0.25, -0.2) is 0 Å². The van der Waals surface area contributed by atoms with E-state index in [0.717, 1.165) is 39.2 Å². The quantitative estimate of drug-likeness (QED) is 0.141. The number of hydrogen-bond donors (Lipinski definition) is 0.